The van der Waals surface area contributed by atoms with E-state index < -0.39 is 0 Å². The Morgan fingerprint density at radius 1 is 1.43 bits per heavy atom. The molecule has 0 radical (unpaired) electrons. The number of carbonyl (C=O) groups is 1. The van der Waals surface area contributed by atoms with Crippen molar-refractivity contribution in [3.05, 3.63) is 40.9 Å². The Labute approximate surface area is 129 Å². The van der Waals surface area contributed by atoms with E-state index in [0.717, 1.165) is 10.9 Å². The fourth-order valence-corrected chi connectivity index (χ4v) is 2.51. The predicted octanol–water partition coefficient (Wildman–Crippen LogP) is 2.75. The normalized spacial score (nSPS) is 11.0. The molecular formula is C14H12BrN5O. The number of hydrogen-bond acceptors (Lipinski definition) is 5. The van der Waals surface area contributed by atoms with Gasteiger partial charge in [0.1, 0.15) is 10.4 Å². The molecule has 0 aromatic carbocycles. The van der Waals surface area contributed by atoms with Crippen LogP contribution in [-0.2, 0) is 0 Å². The van der Waals surface area contributed by atoms with Gasteiger partial charge in [0, 0.05) is 36.0 Å². The van der Waals surface area contributed by atoms with Crippen LogP contribution in [0.4, 0.5) is 5.95 Å². The number of nitrogen functional groups attached to an aromatic ring is 1. The predicted molar refractivity (Wildman–Crippen MR) is 83.4 cm³/mol. The average Bonchev–Trinajstić information content (AvgIpc) is 2.85. The number of nitrogens with zero attached hydrogens (tertiary/aromatic N) is 4. The molecule has 3 heterocycles. The zero-order chi connectivity index (χ0) is 15.0. The SMILES string of the molecule is CCC(=O)c1cn(-c2ccnc(N)n2)c2cc(Br)ncc12. The van der Waals surface area contributed by atoms with Crippen LogP contribution < -0.4 is 5.73 Å². The Bertz CT molecular complexity index is 842. The lowest BCUT2D eigenvalue weighted by atomic mass is 10.1. The molecule has 0 unspecified atom stereocenters. The first-order chi connectivity index (χ1) is 10.1. The van der Waals surface area contributed by atoms with Crippen molar-refractivity contribution in [2.45, 2.75) is 13.3 Å². The van der Waals surface area contributed by atoms with Gasteiger partial charge in [0.05, 0.1) is 5.52 Å². The number of ketones is 1. The Kier molecular flexibility index (Phi) is 3.42. The number of fused-ring (bicyclic) bond motifs is 1. The van der Waals surface area contributed by atoms with Gasteiger partial charge in [0.15, 0.2) is 5.78 Å². The van der Waals surface area contributed by atoms with E-state index in [2.05, 4.69) is 30.9 Å². The van der Waals surface area contributed by atoms with Crippen LogP contribution in [-0.4, -0.2) is 25.3 Å². The molecule has 6 nitrogen and oxygen atoms in total. The second-order valence-electron chi connectivity index (χ2n) is 4.49. The number of aromatic nitrogens is 4. The highest BCUT2D eigenvalue weighted by molar-refractivity contribution is 9.10. The number of Topliss-reactive ketones (excluding diaryl/α,β-unsaturated/α-hetero) is 1. The summed E-state index contributed by atoms with van der Waals surface area (Å²) in [5.41, 5.74) is 7.11. The van der Waals surface area contributed by atoms with Crippen LogP contribution in [0, 0.1) is 0 Å². The van der Waals surface area contributed by atoms with Gasteiger partial charge in [0.2, 0.25) is 5.95 Å². The van der Waals surface area contributed by atoms with Crippen molar-refractivity contribution in [1.82, 2.24) is 19.5 Å². The smallest absolute Gasteiger partial charge is 0.221 e. The summed E-state index contributed by atoms with van der Waals surface area (Å²) in [4.78, 5) is 24.4. The Hall–Kier alpha value is -2.28. The number of pyridine rings is 1. The van der Waals surface area contributed by atoms with Crippen molar-refractivity contribution in [2.24, 2.45) is 0 Å². The highest BCUT2D eigenvalue weighted by atomic mass is 79.9. The Balaban J connectivity index is 2.32. The molecule has 21 heavy (non-hydrogen) atoms. The number of anilines is 1. The molecule has 0 aliphatic carbocycles. The molecule has 2 N–H and O–H groups in total. The van der Waals surface area contributed by atoms with E-state index in [0.29, 0.717) is 22.4 Å². The number of nitrogens with two attached hydrogens (primary N) is 1. The van der Waals surface area contributed by atoms with E-state index in [9.17, 15) is 4.79 Å². The van der Waals surface area contributed by atoms with E-state index in [4.69, 9.17) is 5.73 Å². The van der Waals surface area contributed by atoms with Gasteiger partial charge >= 0.3 is 0 Å². The van der Waals surface area contributed by atoms with Crippen LogP contribution in [0.5, 0.6) is 0 Å². The monoisotopic (exact) mass is 345 g/mol. The zero-order valence-electron chi connectivity index (χ0n) is 11.2. The maximum Gasteiger partial charge on any atom is 0.221 e. The number of rotatable bonds is 3. The van der Waals surface area contributed by atoms with Crippen molar-refractivity contribution >= 4 is 38.6 Å². The third kappa shape index (κ3) is 2.40. The summed E-state index contributed by atoms with van der Waals surface area (Å²) in [7, 11) is 0. The van der Waals surface area contributed by atoms with Crippen molar-refractivity contribution in [2.75, 3.05) is 5.73 Å². The summed E-state index contributed by atoms with van der Waals surface area (Å²) in [6.07, 6.45) is 5.47. The van der Waals surface area contributed by atoms with E-state index in [1.165, 1.54) is 0 Å². The topological polar surface area (TPSA) is 86.7 Å². The minimum absolute atomic E-state index is 0.0601. The van der Waals surface area contributed by atoms with Crippen molar-refractivity contribution < 1.29 is 4.79 Å². The maximum atomic E-state index is 12.1. The fraction of sp³-hybridized carbons (Fsp3) is 0.143. The number of halogens is 1. The minimum atomic E-state index is 0.0601. The summed E-state index contributed by atoms with van der Waals surface area (Å²) in [5, 5.41) is 0.794. The van der Waals surface area contributed by atoms with Crippen molar-refractivity contribution in [3.63, 3.8) is 0 Å². The summed E-state index contributed by atoms with van der Waals surface area (Å²) < 4.78 is 2.51. The van der Waals surface area contributed by atoms with Crippen LogP contribution in [0.25, 0.3) is 16.7 Å². The Morgan fingerprint density at radius 2 is 2.24 bits per heavy atom. The molecule has 0 fully saturated rings. The van der Waals surface area contributed by atoms with E-state index in [-0.39, 0.29) is 11.7 Å². The van der Waals surface area contributed by atoms with Crippen LogP contribution in [0.15, 0.2) is 35.3 Å². The summed E-state index contributed by atoms with van der Waals surface area (Å²) in [5.74, 6) is 0.858. The summed E-state index contributed by atoms with van der Waals surface area (Å²) in [6.45, 7) is 1.83. The molecule has 0 amide bonds. The second-order valence-corrected chi connectivity index (χ2v) is 5.30. The molecule has 0 aliphatic heterocycles. The molecule has 0 bridgehead atoms. The lowest BCUT2D eigenvalue weighted by Crippen LogP contribution is -2.01. The van der Waals surface area contributed by atoms with Gasteiger partial charge in [-0.15, -0.1) is 0 Å². The molecular weight excluding hydrogens is 334 g/mol. The molecule has 7 heteroatoms. The first-order valence-corrected chi connectivity index (χ1v) is 7.18. The second kappa shape index (κ2) is 5.25. The van der Waals surface area contributed by atoms with Crippen molar-refractivity contribution in [1.29, 1.82) is 0 Å². The summed E-state index contributed by atoms with van der Waals surface area (Å²) >= 11 is 3.35. The molecule has 0 saturated heterocycles. The third-order valence-electron chi connectivity index (χ3n) is 3.18. The van der Waals surface area contributed by atoms with Gasteiger partial charge in [-0.2, -0.15) is 4.98 Å². The van der Waals surface area contributed by atoms with Crippen LogP contribution in [0.1, 0.15) is 23.7 Å². The first-order valence-electron chi connectivity index (χ1n) is 6.39. The highest BCUT2D eigenvalue weighted by Gasteiger charge is 2.16. The van der Waals surface area contributed by atoms with Crippen LogP contribution in [0.3, 0.4) is 0 Å². The van der Waals surface area contributed by atoms with Crippen LogP contribution in [0.2, 0.25) is 0 Å². The third-order valence-corrected chi connectivity index (χ3v) is 3.62. The molecule has 0 saturated carbocycles. The van der Waals surface area contributed by atoms with Crippen molar-refractivity contribution in [3.8, 4) is 5.82 Å². The largest absolute Gasteiger partial charge is 0.368 e. The van der Waals surface area contributed by atoms with Gasteiger partial charge in [-0.3, -0.25) is 4.79 Å². The quantitative estimate of drug-likeness (QED) is 0.582. The van der Waals surface area contributed by atoms with Gasteiger partial charge in [-0.05, 0) is 28.1 Å². The zero-order valence-corrected chi connectivity index (χ0v) is 12.8. The molecule has 0 aliphatic rings. The fourth-order valence-electron chi connectivity index (χ4n) is 2.20. The molecule has 3 rings (SSSR count). The average molecular weight is 346 g/mol. The first kappa shape index (κ1) is 13.7. The lowest BCUT2D eigenvalue weighted by Gasteiger charge is -2.04. The molecule has 0 spiro atoms. The van der Waals surface area contributed by atoms with E-state index in [1.807, 2.05) is 17.6 Å². The molecule has 106 valence electrons. The maximum absolute atomic E-state index is 12.1. The number of hydrogen-bond donors (Lipinski definition) is 1. The molecule has 0 atom stereocenters. The Morgan fingerprint density at radius 3 is 2.95 bits per heavy atom. The molecule has 3 aromatic heterocycles. The highest BCUT2D eigenvalue weighted by Crippen LogP contribution is 2.26. The lowest BCUT2D eigenvalue weighted by molar-refractivity contribution is 0.0989. The number of carbonyl (C=O) groups excluding carboxylic acids is 1. The minimum Gasteiger partial charge on any atom is -0.368 e. The summed E-state index contributed by atoms with van der Waals surface area (Å²) in [6, 6.07) is 3.59. The van der Waals surface area contributed by atoms with Gasteiger partial charge in [-0.1, -0.05) is 6.92 Å². The van der Waals surface area contributed by atoms with E-state index in [1.54, 1.807) is 24.7 Å². The molecule has 3 aromatic rings. The van der Waals surface area contributed by atoms with Gasteiger partial charge in [0.25, 0.3) is 0 Å². The van der Waals surface area contributed by atoms with Gasteiger partial charge < -0.3 is 10.3 Å². The standard InChI is InChI=1S/C14H12BrN5O/c1-2-11(21)9-7-20(13-3-4-17-14(16)19-13)10-5-12(15)18-6-8(9)10/h3-7H,2H2,1H3,(H2,16,17,19). The van der Waals surface area contributed by atoms with E-state index >= 15 is 0 Å². The van der Waals surface area contributed by atoms with Gasteiger partial charge in [-0.25, -0.2) is 9.97 Å². The van der Waals surface area contributed by atoms with Crippen LogP contribution >= 0.6 is 15.9 Å².